The Bertz CT molecular complexity index is 1090. The number of rotatable bonds is 9. The van der Waals surface area contributed by atoms with Crippen LogP contribution in [0.4, 0.5) is 5.69 Å². The first-order valence-electron chi connectivity index (χ1n) is 10.3. The maximum Gasteiger partial charge on any atom is 0.244 e. The molecule has 1 atom stereocenters. The Morgan fingerprint density at radius 3 is 2.31 bits per heavy atom. The molecule has 7 nitrogen and oxygen atoms in total. The minimum absolute atomic E-state index is 0.0783. The van der Waals surface area contributed by atoms with E-state index >= 15 is 0 Å². The molecular formula is C23H30ClN3O4S. The topological polar surface area (TPSA) is 86.8 Å². The van der Waals surface area contributed by atoms with Gasteiger partial charge in [-0.15, -0.1) is 0 Å². The number of nitrogens with zero attached hydrogens (tertiary/aromatic N) is 2. The molecule has 0 saturated carbocycles. The molecule has 2 amide bonds. The van der Waals surface area contributed by atoms with E-state index in [1.807, 2.05) is 13.0 Å². The smallest absolute Gasteiger partial charge is 0.244 e. The predicted molar refractivity (Wildman–Crippen MR) is 128 cm³/mol. The lowest BCUT2D eigenvalue weighted by molar-refractivity contribution is -0.140. The first kappa shape index (κ1) is 25.7. The SMILES string of the molecule is CC[C@@H](C(=O)NC)N(Cc1ccccc1Cl)C(=O)CN(c1ccc(C)cc1C)S(C)(=O)=O. The molecule has 0 aromatic heterocycles. The number of hydrogen-bond donors (Lipinski definition) is 1. The third-order valence-electron chi connectivity index (χ3n) is 5.23. The molecular weight excluding hydrogens is 450 g/mol. The first-order valence-corrected chi connectivity index (χ1v) is 12.5. The van der Waals surface area contributed by atoms with Crippen molar-refractivity contribution in [2.45, 2.75) is 39.8 Å². The van der Waals surface area contributed by atoms with Crippen molar-refractivity contribution in [1.29, 1.82) is 0 Å². The van der Waals surface area contributed by atoms with Crippen molar-refractivity contribution in [2.75, 3.05) is 24.2 Å². The molecule has 2 aromatic carbocycles. The lowest BCUT2D eigenvalue weighted by atomic mass is 10.1. The maximum atomic E-state index is 13.5. The Kier molecular flexibility index (Phi) is 8.69. The van der Waals surface area contributed by atoms with Gasteiger partial charge in [0.1, 0.15) is 12.6 Å². The minimum atomic E-state index is -3.76. The number of aryl methyl sites for hydroxylation is 2. The predicted octanol–water partition coefficient (Wildman–Crippen LogP) is 3.28. The van der Waals surface area contributed by atoms with Gasteiger partial charge in [0.15, 0.2) is 0 Å². The molecule has 0 radical (unpaired) electrons. The Morgan fingerprint density at radius 1 is 1.12 bits per heavy atom. The van der Waals surface area contributed by atoms with Crippen LogP contribution >= 0.6 is 11.6 Å². The van der Waals surface area contributed by atoms with Crippen LogP contribution in [0.25, 0.3) is 0 Å². The quantitative estimate of drug-likeness (QED) is 0.598. The molecule has 0 saturated heterocycles. The Hall–Kier alpha value is -2.58. The van der Waals surface area contributed by atoms with E-state index in [4.69, 9.17) is 11.6 Å². The van der Waals surface area contributed by atoms with Gasteiger partial charge in [0.2, 0.25) is 21.8 Å². The summed E-state index contributed by atoms with van der Waals surface area (Å²) >= 11 is 6.30. The third-order valence-corrected chi connectivity index (χ3v) is 6.73. The average molecular weight is 480 g/mol. The maximum absolute atomic E-state index is 13.5. The zero-order valence-corrected chi connectivity index (χ0v) is 20.6. The van der Waals surface area contributed by atoms with Gasteiger partial charge in [-0.1, -0.05) is 54.4 Å². The Morgan fingerprint density at radius 2 is 1.78 bits per heavy atom. The van der Waals surface area contributed by atoms with Gasteiger partial charge in [0, 0.05) is 18.6 Å². The van der Waals surface area contributed by atoms with Crippen LogP contribution in [0, 0.1) is 13.8 Å². The van der Waals surface area contributed by atoms with Crippen LogP contribution in [0.5, 0.6) is 0 Å². The van der Waals surface area contributed by atoms with Crippen molar-refractivity contribution < 1.29 is 18.0 Å². The largest absolute Gasteiger partial charge is 0.357 e. The highest BCUT2D eigenvalue weighted by molar-refractivity contribution is 7.92. The van der Waals surface area contributed by atoms with Crippen molar-refractivity contribution >= 4 is 39.1 Å². The summed E-state index contributed by atoms with van der Waals surface area (Å²) in [6.45, 7) is 5.15. The van der Waals surface area contributed by atoms with Crippen LogP contribution < -0.4 is 9.62 Å². The van der Waals surface area contributed by atoms with Crippen molar-refractivity contribution in [3.63, 3.8) is 0 Å². The van der Waals surface area contributed by atoms with Crippen LogP contribution in [-0.2, 0) is 26.2 Å². The van der Waals surface area contributed by atoms with E-state index in [0.29, 0.717) is 22.7 Å². The van der Waals surface area contributed by atoms with Crippen LogP contribution in [0.3, 0.4) is 0 Å². The Balaban J connectivity index is 2.48. The molecule has 0 unspecified atom stereocenters. The lowest BCUT2D eigenvalue weighted by Gasteiger charge is -2.33. The molecule has 32 heavy (non-hydrogen) atoms. The molecule has 0 spiro atoms. The van der Waals surface area contributed by atoms with Gasteiger partial charge in [-0.2, -0.15) is 0 Å². The fourth-order valence-electron chi connectivity index (χ4n) is 3.58. The lowest BCUT2D eigenvalue weighted by Crippen LogP contribution is -2.51. The molecule has 0 heterocycles. The number of anilines is 1. The monoisotopic (exact) mass is 479 g/mol. The second-order valence-electron chi connectivity index (χ2n) is 7.71. The van der Waals surface area contributed by atoms with E-state index in [-0.39, 0.29) is 12.5 Å². The second-order valence-corrected chi connectivity index (χ2v) is 10.0. The highest BCUT2D eigenvalue weighted by Crippen LogP contribution is 2.25. The fourth-order valence-corrected chi connectivity index (χ4v) is 4.68. The zero-order chi connectivity index (χ0) is 24.1. The summed E-state index contributed by atoms with van der Waals surface area (Å²) in [5.41, 5.74) is 2.82. The number of nitrogens with one attached hydrogen (secondary N) is 1. The van der Waals surface area contributed by atoms with E-state index in [1.165, 1.54) is 11.9 Å². The van der Waals surface area contributed by atoms with Crippen molar-refractivity contribution in [3.05, 3.63) is 64.2 Å². The molecule has 2 aromatic rings. The molecule has 174 valence electrons. The number of halogens is 1. The van der Waals surface area contributed by atoms with Gasteiger partial charge in [-0.05, 0) is 43.5 Å². The molecule has 0 aliphatic heterocycles. The first-order chi connectivity index (χ1) is 15.0. The third kappa shape index (κ3) is 6.23. The summed E-state index contributed by atoms with van der Waals surface area (Å²) < 4.78 is 26.3. The minimum Gasteiger partial charge on any atom is -0.357 e. The van der Waals surface area contributed by atoms with E-state index in [2.05, 4.69) is 5.32 Å². The number of carbonyl (C=O) groups is 2. The molecule has 2 rings (SSSR count). The Labute approximate surface area is 195 Å². The summed E-state index contributed by atoms with van der Waals surface area (Å²) in [6.07, 6.45) is 1.42. The fraction of sp³-hybridized carbons (Fsp3) is 0.391. The van der Waals surface area contributed by atoms with Gasteiger partial charge in [-0.3, -0.25) is 13.9 Å². The summed E-state index contributed by atoms with van der Waals surface area (Å²) in [6, 6.07) is 11.6. The van der Waals surface area contributed by atoms with E-state index in [0.717, 1.165) is 21.7 Å². The molecule has 0 aliphatic carbocycles. The van der Waals surface area contributed by atoms with Gasteiger partial charge < -0.3 is 10.2 Å². The number of sulfonamides is 1. The van der Waals surface area contributed by atoms with Gasteiger partial charge >= 0.3 is 0 Å². The summed E-state index contributed by atoms with van der Waals surface area (Å²) in [7, 11) is -2.26. The summed E-state index contributed by atoms with van der Waals surface area (Å²) in [5, 5.41) is 3.05. The summed E-state index contributed by atoms with van der Waals surface area (Å²) in [4.78, 5) is 27.4. The molecule has 9 heteroatoms. The van der Waals surface area contributed by atoms with E-state index < -0.39 is 28.5 Å². The summed E-state index contributed by atoms with van der Waals surface area (Å²) in [5.74, 6) is -0.823. The van der Waals surface area contributed by atoms with E-state index in [9.17, 15) is 18.0 Å². The number of amides is 2. The second kappa shape index (κ2) is 10.8. The number of carbonyl (C=O) groups excluding carboxylic acids is 2. The highest BCUT2D eigenvalue weighted by Gasteiger charge is 2.32. The van der Waals surface area contributed by atoms with Gasteiger partial charge in [0.25, 0.3) is 0 Å². The molecule has 1 N–H and O–H groups in total. The van der Waals surface area contributed by atoms with Crippen molar-refractivity contribution in [3.8, 4) is 0 Å². The average Bonchev–Trinajstić information content (AvgIpc) is 2.72. The van der Waals surface area contributed by atoms with Crippen molar-refractivity contribution in [2.24, 2.45) is 0 Å². The van der Waals surface area contributed by atoms with Gasteiger partial charge in [0.05, 0.1) is 11.9 Å². The van der Waals surface area contributed by atoms with Crippen LogP contribution in [0.2, 0.25) is 5.02 Å². The number of hydrogen-bond acceptors (Lipinski definition) is 4. The normalized spacial score (nSPS) is 12.2. The highest BCUT2D eigenvalue weighted by atomic mass is 35.5. The zero-order valence-electron chi connectivity index (χ0n) is 19.1. The molecule has 0 aliphatic rings. The standard InChI is InChI=1S/C23H30ClN3O4S/c1-6-20(23(29)25-4)26(14-18-9-7-8-10-19(18)24)22(28)15-27(32(5,30)31)21-12-11-16(2)13-17(21)3/h7-13,20H,6,14-15H2,1-5H3,(H,25,29)/t20-/m0/s1. The molecule has 0 bridgehead atoms. The van der Waals surface area contributed by atoms with E-state index in [1.54, 1.807) is 50.2 Å². The van der Waals surface area contributed by atoms with Crippen LogP contribution in [0.15, 0.2) is 42.5 Å². The van der Waals surface area contributed by atoms with Crippen LogP contribution in [0.1, 0.15) is 30.0 Å². The number of benzene rings is 2. The van der Waals surface area contributed by atoms with Gasteiger partial charge in [-0.25, -0.2) is 8.42 Å². The number of likely N-dealkylation sites (N-methyl/N-ethyl adjacent to an activating group) is 1. The molecule has 0 fully saturated rings. The van der Waals surface area contributed by atoms with Crippen LogP contribution in [-0.4, -0.2) is 51.0 Å². The van der Waals surface area contributed by atoms with Crippen molar-refractivity contribution in [1.82, 2.24) is 10.2 Å².